The first-order valence-corrected chi connectivity index (χ1v) is 11.8. The highest BCUT2D eigenvalue weighted by molar-refractivity contribution is 6.78. The van der Waals surface area contributed by atoms with Crippen molar-refractivity contribution in [3.05, 3.63) is 81.9 Å². The summed E-state index contributed by atoms with van der Waals surface area (Å²) in [7, 11) is 0. The summed E-state index contributed by atoms with van der Waals surface area (Å²) in [5, 5.41) is -7.90. The van der Waals surface area contributed by atoms with Crippen LogP contribution in [0.2, 0.25) is 0 Å². The average Bonchev–Trinajstić information content (AvgIpc) is 2.81. The van der Waals surface area contributed by atoms with Crippen LogP contribution in [0.3, 0.4) is 0 Å². The maximum atomic E-state index is 12.7. The first kappa shape index (κ1) is 28.0. The van der Waals surface area contributed by atoms with Gasteiger partial charge in [0.2, 0.25) is 0 Å². The smallest absolute Gasteiger partial charge is 0.254 e. The lowest BCUT2D eigenvalue weighted by molar-refractivity contribution is 0.102. The first-order valence-electron chi connectivity index (χ1n) is 9.51. The topological polar surface area (TPSA) is 102 Å². The molecule has 36 heavy (non-hydrogen) atoms. The van der Waals surface area contributed by atoms with E-state index in [1.54, 1.807) is 30.3 Å². The molecule has 12 heteroatoms. The molecule has 3 aromatic carbocycles. The van der Waals surface area contributed by atoms with Crippen LogP contribution in [0, 0.1) is 0 Å². The molecule has 182 valence electrons. The van der Waals surface area contributed by atoms with Crippen molar-refractivity contribution >= 4 is 101 Å². The Morgan fingerprint density at radius 1 is 0.417 bits per heavy atom. The largest absolute Gasteiger partial charge is 0.276 e. The van der Waals surface area contributed by atoms with Gasteiger partial charge in [-0.3, -0.25) is 28.8 Å². The van der Waals surface area contributed by atoms with E-state index in [1.807, 2.05) is 0 Å². The lowest BCUT2D eigenvalue weighted by atomic mass is 9.81. The minimum absolute atomic E-state index is 0.0729. The molecule has 0 heterocycles. The van der Waals surface area contributed by atoms with Gasteiger partial charge in [-0.05, 0) is 86.8 Å². The van der Waals surface area contributed by atoms with Crippen LogP contribution < -0.4 is 0 Å². The van der Waals surface area contributed by atoms with Crippen LogP contribution in [-0.4, -0.2) is 31.5 Å². The van der Waals surface area contributed by atoms with E-state index < -0.39 is 64.8 Å². The number of rotatable bonds is 8. The van der Waals surface area contributed by atoms with Gasteiger partial charge in [0.25, 0.3) is 31.5 Å². The molecule has 0 saturated carbocycles. The number of carbonyl (C=O) groups excluding carboxylic acids is 6. The molecular formula is C24H8Cl6O6. The Morgan fingerprint density at radius 3 is 1.22 bits per heavy atom. The van der Waals surface area contributed by atoms with E-state index in [0.29, 0.717) is 5.56 Å². The van der Waals surface area contributed by atoms with Gasteiger partial charge in [-0.1, -0.05) is 42.5 Å². The minimum atomic E-state index is -1.44. The molecule has 6 nitrogen and oxygen atoms in total. The van der Waals surface area contributed by atoms with Crippen molar-refractivity contribution < 1.29 is 28.8 Å². The van der Waals surface area contributed by atoms with E-state index in [-0.39, 0.29) is 16.7 Å². The first-order chi connectivity index (χ1) is 16.9. The molecule has 0 aliphatic heterocycles. The third-order valence-electron chi connectivity index (χ3n) is 5.09. The molecule has 3 rings (SSSR count). The number of hydrogen-bond donors (Lipinski definition) is 0. The second-order valence-electron chi connectivity index (χ2n) is 6.99. The standard InChI is InChI=1S/C24H8Cl6O6/c25-19(31)11-8-4-7-10(12(11)9-5-2-1-3-6-9)13-14(20(26)32)16(22(28)34)18(24(30)36)17(23(29)35)15(13)21(27)33/h1-8H. The second kappa shape index (κ2) is 11.2. The molecule has 0 aliphatic rings. The summed E-state index contributed by atoms with van der Waals surface area (Å²) in [5.74, 6) is 0. The highest BCUT2D eigenvalue weighted by Gasteiger charge is 2.37. The molecule has 0 amide bonds. The van der Waals surface area contributed by atoms with Crippen molar-refractivity contribution in [3.8, 4) is 22.3 Å². The van der Waals surface area contributed by atoms with Crippen molar-refractivity contribution in [2.45, 2.75) is 0 Å². The lowest BCUT2D eigenvalue weighted by Gasteiger charge is -2.22. The molecule has 0 radical (unpaired) electrons. The number of carbonyl (C=O) groups is 6. The summed E-state index contributed by atoms with van der Waals surface area (Å²) in [5.41, 5.74) is -4.37. The van der Waals surface area contributed by atoms with Crippen LogP contribution in [0.15, 0.2) is 48.5 Å². The lowest BCUT2D eigenvalue weighted by Crippen LogP contribution is -2.20. The van der Waals surface area contributed by atoms with Gasteiger partial charge >= 0.3 is 0 Å². The normalized spacial score (nSPS) is 10.6. The number of benzene rings is 3. The molecule has 0 saturated heterocycles. The number of hydrogen-bond acceptors (Lipinski definition) is 6. The summed E-state index contributed by atoms with van der Waals surface area (Å²) >= 11 is 34.5. The molecule has 0 aromatic heterocycles. The summed E-state index contributed by atoms with van der Waals surface area (Å²) < 4.78 is 0. The van der Waals surface area contributed by atoms with Gasteiger partial charge in [0.1, 0.15) is 0 Å². The Kier molecular flexibility index (Phi) is 8.72. The fourth-order valence-electron chi connectivity index (χ4n) is 3.84. The van der Waals surface area contributed by atoms with Crippen LogP contribution >= 0.6 is 69.6 Å². The van der Waals surface area contributed by atoms with E-state index in [1.165, 1.54) is 18.2 Å². The van der Waals surface area contributed by atoms with Crippen molar-refractivity contribution in [1.29, 1.82) is 0 Å². The van der Waals surface area contributed by atoms with Crippen molar-refractivity contribution in [2.24, 2.45) is 0 Å². The summed E-state index contributed by atoms with van der Waals surface area (Å²) in [6.45, 7) is 0. The quantitative estimate of drug-likeness (QED) is 0.250. The zero-order valence-electron chi connectivity index (χ0n) is 17.3. The van der Waals surface area contributed by atoms with Crippen LogP contribution in [0.5, 0.6) is 0 Å². The van der Waals surface area contributed by atoms with Crippen molar-refractivity contribution in [2.75, 3.05) is 0 Å². The van der Waals surface area contributed by atoms with Gasteiger partial charge in [-0.15, -0.1) is 0 Å². The fourth-order valence-corrected chi connectivity index (χ4v) is 4.94. The average molecular weight is 605 g/mol. The predicted octanol–water partition coefficient (Wildman–Crippen LogP) is 7.29. The van der Waals surface area contributed by atoms with Gasteiger partial charge in [-0.2, -0.15) is 0 Å². The zero-order valence-corrected chi connectivity index (χ0v) is 21.9. The SMILES string of the molecule is O=C(Cl)c1cccc(-c2c(C(=O)Cl)c(C(=O)Cl)c(C(=O)Cl)c(C(=O)Cl)c2C(=O)Cl)c1-c1ccccc1. The highest BCUT2D eigenvalue weighted by Crippen LogP contribution is 2.44. The monoisotopic (exact) mass is 602 g/mol. The van der Waals surface area contributed by atoms with E-state index in [4.69, 9.17) is 69.6 Å². The number of halogens is 6. The molecule has 0 fully saturated rings. The Balaban J connectivity index is 2.80. The highest BCUT2D eigenvalue weighted by atomic mass is 35.5. The van der Waals surface area contributed by atoms with Crippen LogP contribution in [0.25, 0.3) is 22.3 Å². The third-order valence-corrected chi connectivity index (χ3v) is 6.24. The Morgan fingerprint density at radius 2 is 0.833 bits per heavy atom. The molecule has 0 aliphatic carbocycles. The molecule has 0 spiro atoms. The molecule has 0 unspecified atom stereocenters. The summed E-state index contributed by atoms with van der Waals surface area (Å²) in [4.78, 5) is 74.9. The predicted molar refractivity (Wildman–Crippen MR) is 138 cm³/mol. The Bertz CT molecular complexity index is 1440. The van der Waals surface area contributed by atoms with Gasteiger partial charge < -0.3 is 0 Å². The zero-order chi connectivity index (χ0) is 26.9. The second-order valence-corrected chi connectivity index (χ2v) is 9.05. The van der Waals surface area contributed by atoms with Gasteiger partial charge in [0.15, 0.2) is 0 Å². The van der Waals surface area contributed by atoms with Crippen LogP contribution in [0.4, 0.5) is 0 Å². The maximum Gasteiger partial charge on any atom is 0.254 e. The van der Waals surface area contributed by atoms with Crippen LogP contribution in [-0.2, 0) is 0 Å². The Labute approximate surface area is 233 Å². The van der Waals surface area contributed by atoms with E-state index in [0.717, 1.165) is 0 Å². The van der Waals surface area contributed by atoms with Gasteiger partial charge in [0.05, 0.1) is 27.8 Å². The van der Waals surface area contributed by atoms with Gasteiger partial charge in [0, 0.05) is 16.7 Å². The van der Waals surface area contributed by atoms with Crippen molar-refractivity contribution in [3.63, 3.8) is 0 Å². The summed E-state index contributed by atoms with van der Waals surface area (Å²) in [6.07, 6.45) is 0. The molecular weight excluding hydrogens is 597 g/mol. The molecule has 3 aromatic rings. The van der Waals surface area contributed by atoms with Crippen molar-refractivity contribution in [1.82, 2.24) is 0 Å². The summed E-state index contributed by atoms with van der Waals surface area (Å²) in [6, 6.07) is 12.2. The third kappa shape index (κ3) is 5.11. The van der Waals surface area contributed by atoms with Crippen LogP contribution in [0.1, 0.15) is 62.1 Å². The Hall–Kier alpha value is -2.58. The van der Waals surface area contributed by atoms with E-state index in [2.05, 4.69) is 0 Å². The van der Waals surface area contributed by atoms with E-state index >= 15 is 0 Å². The minimum Gasteiger partial charge on any atom is -0.276 e. The fraction of sp³-hybridized carbons (Fsp3) is 0. The molecule has 0 bridgehead atoms. The molecule has 0 atom stereocenters. The molecule has 0 N–H and O–H groups in total. The van der Waals surface area contributed by atoms with Gasteiger partial charge in [-0.25, -0.2) is 0 Å². The van der Waals surface area contributed by atoms with E-state index in [9.17, 15) is 28.8 Å². The maximum absolute atomic E-state index is 12.7.